The predicted octanol–water partition coefficient (Wildman–Crippen LogP) is 4.30. The van der Waals surface area contributed by atoms with Crippen LogP contribution < -0.4 is 10.9 Å². The summed E-state index contributed by atoms with van der Waals surface area (Å²) >= 11 is 1.55. The lowest BCUT2D eigenvalue weighted by atomic mass is 10.1. The first-order valence-electron chi connectivity index (χ1n) is 8.70. The third-order valence-electron chi connectivity index (χ3n) is 4.20. The smallest absolute Gasteiger partial charge is 0.336 e. The number of aromatic nitrogens is 2. The molecule has 0 aliphatic rings. The number of nitrogens with zero attached hydrogens (tertiary/aromatic N) is 2. The van der Waals surface area contributed by atoms with E-state index in [1.807, 2.05) is 37.3 Å². The second kappa shape index (κ2) is 7.44. The van der Waals surface area contributed by atoms with Crippen molar-refractivity contribution < 1.29 is 9.21 Å². The van der Waals surface area contributed by atoms with Crippen molar-refractivity contribution in [2.75, 3.05) is 5.32 Å². The number of thioether (sulfide) groups is 1. The lowest BCUT2D eigenvalue weighted by Gasteiger charge is -2.09. The Labute approximate surface area is 165 Å². The highest BCUT2D eigenvalue weighted by Gasteiger charge is 2.11. The van der Waals surface area contributed by atoms with E-state index in [1.165, 1.54) is 13.0 Å². The van der Waals surface area contributed by atoms with Crippen molar-refractivity contribution in [3.63, 3.8) is 0 Å². The minimum Gasteiger partial charge on any atom is -0.423 e. The lowest BCUT2D eigenvalue weighted by Crippen LogP contribution is -2.06. The summed E-state index contributed by atoms with van der Waals surface area (Å²) in [6.45, 7) is 3.30. The standard InChI is InChI=1S/C21H17N3O3S/c1-12-22-18-6-4-3-5-17(18)21(23-12)28-11-14-9-20(26)27-19-10-15(24-13(2)25)7-8-16(14)19/h3-10H,11H2,1-2H3,(H,24,25). The first kappa shape index (κ1) is 18.2. The number of amides is 1. The van der Waals surface area contributed by atoms with Crippen LogP contribution in [-0.2, 0) is 10.5 Å². The van der Waals surface area contributed by atoms with Crippen LogP contribution in [0, 0.1) is 6.92 Å². The van der Waals surface area contributed by atoms with E-state index >= 15 is 0 Å². The largest absolute Gasteiger partial charge is 0.423 e. The van der Waals surface area contributed by atoms with E-state index in [1.54, 1.807) is 23.9 Å². The van der Waals surface area contributed by atoms with Gasteiger partial charge in [0.2, 0.25) is 5.91 Å². The number of rotatable bonds is 4. The normalized spacial score (nSPS) is 11.1. The molecular weight excluding hydrogens is 374 g/mol. The van der Waals surface area contributed by atoms with Gasteiger partial charge in [-0.25, -0.2) is 14.8 Å². The highest BCUT2D eigenvalue weighted by atomic mass is 32.2. The van der Waals surface area contributed by atoms with Crippen LogP contribution in [0.1, 0.15) is 18.3 Å². The molecule has 1 amide bonds. The van der Waals surface area contributed by atoms with Gasteiger partial charge in [0.05, 0.1) is 5.52 Å². The summed E-state index contributed by atoms with van der Waals surface area (Å²) in [7, 11) is 0. The molecule has 0 aliphatic heterocycles. The summed E-state index contributed by atoms with van der Waals surface area (Å²) in [4.78, 5) is 32.3. The number of anilines is 1. The second-order valence-corrected chi connectivity index (χ2v) is 7.33. The molecule has 0 atom stereocenters. The minimum absolute atomic E-state index is 0.181. The number of nitrogens with one attached hydrogen (secondary N) is 1. The Hall–Kier alpha value is -3.19. The molecule has 0 bridgehead atoms. The maximum absolute atomic E-state index is 12.0. The van der Waals surface area contributed by atoms with Crippen molar-refractivity contribution in [3.8, 4) is 0 Å². The quantitative estimate of drug-likeness (QED) is 0.317. The number of aryl methyl sites for hydroxylation is 1. The molecule has 1 N–H and O–H groups in total. The molecule has 0 saturated carbocycles. The monoisotopic (exact) mass is 391 g/mol. The molecule has 28 heavy (non-hydrogen) atoms. The molecule has 7 heteroatoms. The zero-order valence-corrected chi connectivity index (χ0v) is 16.2. The second-order valence-electron chi connectivity index (χ2n) is 6.36. The van der Waals surface area contributed by atoms with Gasteiger partial charge in [-0.1, -0.05) is 18.2 Å². The van der Waals surface area contributed by atoms with E-state index in [0.717, 1.165) is 26.9 Å². The van der Waals surface area contributed by atoms with E-state index in [9.17, 15) is 9.59 Å². The van der Waals surface area contributed by atoms with Gasteiger partial charge in [-0.15, -0.1) is 11.8 Å². The van der Waals surface area contributed by atoms with Crippen LogP contribution in [0.15, 0.2) is 62.8 Å². The Kier molecular flexibility index (Phi) is 4.83. The molecule has 2 aromatic carbocycles. The third kappa shape index (κ3) is 3.75. The molecule has 0 fully saturated rings. The SMILES string of the molecule is CC(=O)Nc1ccc2c(CSc3nc(C)nc4ccccc34)cc(=O)oc2c1. The predicted molar refractivity (Wildman–Crippen MR) is 111 cm³/mol. The zero-order valence-electron chi connectivity index (χ0n) is 15.4. The summed E-state index contributed by atoms with van der Waals surface area (Å²) in [6.07, 6.45) is 0. The zero-order chi connectivity index (χ0) is 19.7. The van der Waals surface area contributed by atoms with Gasteiger partial charge in [0.1, 0.15) is 16.4 Å². The van der Waals surface area contributed by atoms with Crippen molar-refractivity contribution in [3.05, 3.63) is 70.3 Å². The van der Waals surface area contributed by atoms with Crippen molar-refractivity contribution in [2.45, 2.75) is 24.6 Å². The van der Waals surface area contributed by atoms with Gasteiger partial charge in [0, 0.05) is 41.3 Å². The van der Waals surface area contributed by atoms with E-state index in [-0.39, 0.29) is 5.91 Å². The van der Waals surface area contributed by atoms with Gasteiger partial charge in [0.15, 0.2) is 0 Å². The van der Waals surface area contributed by atoms with Gasteiger partial charge < -0.3 is 9.73 Å². The van der Waals surface area contributed by atoms with Gasteiger partial charge >= 0.3 is 5.63 Å². The van der Waals surface area contributed by atoms with Crippen LogP contribution in [0.2, 0.25) is 0 Å². The number of hydrogen-bond donors (Lipinski definition) is 1. The topological polar surface area (TPSA) is 85.1 Å². The van der Waals surface area contributed by atoms with Crippen molar-refractivity contribution in [2.24, 2.45) is 0 Å². The van der Waals surface area contributed by atoms with Crippen LogP contribution in [-0.4, -0.2) is 15.9 Å². The van der Waals surface area contributed by atoms with Crippen LogP contribution in [0.4, 0.5) is 5.69 Å². The maximum Gasteiger partial charge on any atom is 0.336 e. The minimum atomic E-state index is -0.424. The molecule has 0 spiro atoms. The molecule has 0 radical (unpaired) electrons. The van der Waals surface area contributed by atoms with Crippen molar-refractivity contribution in [1.82, 2.24) is 9.97 Å². The number of carbonyl (C=O) groups excluding carboxylic acids is 1. The summed E-state index contributed by atoms with van der Waals surface area (Å²) in [5.41, 5.74) is 2.36. The molecule has 4 rings (SSSR count). The van der Waals surface area contributed by atoms with E-state index in [4.69, 9.17) is 4.42 Å². The molecule has 2 heterocycles. The highest BCUT2D eigenvalue weighted by molar-refractivity contribution is 7.98. The molecular formula is C21H17N3O3S. The fourth-order valence-corrected chi connectivity index (χ4v) is 4.10. The van der Waals surface area contributed by atoms with Gasteiger partial charge in [-0.05, 0) is 30.7 Å². The van der Waals surface area contributed by atoms with Crippen molar-refractivity contribution >= 4 is 45.2 Å². The highest BCUT2D eigenvalue weighted by Crippen LogP contribution is 2.30. The Morgan fingerprint density at radius 1 is 1.11 bits per heavy atom. The Bertz CT molecular complexity index is 1270. The fraction of sp³-hybridized carbons (Fsp3) is 0.143. The maximum atomic E-state index is 12.0. The molecule has 2 aromatic heterocycles. The van der Waals surface area contributed by atoms with Crippen molar-refractivity contribution in [1.29, 1.82) is 0 Å². The van der Waals surface area contributed by atoms with E-state index in [0.29, 0.717) is 22.8 Å². The molecule has 6 nitrogen and oxygen atoms in total. The average molecular weight is 391 g/mol. The number of benzene rings is 2. The lowest BCUT2D eigenvalue weighted by molar-refractivity contribution is -0.114. The van der Waals surface area contributed by atoms with Gasteiger partial charge in [0.25, 0.3) is 0 Å². The molecule has 0 unspecified atom stereocenters. The summed E-state index contributed by atoms with van der Waals surface area (Å²) < 4.78 is 5.32. The number of para-hydroxylation sites is 1. The number of fused-ring (bicyclic) bond motifs is 2. The van der Waals surface area contributed by atoms with Crippen LogP contribution >= 0.6 is 11.8 Å². The summed E-state index contributed by atoms with van der Waals surface area (Å²) in [6, 6.07) is 14.7. The fourth-order valence-electron chi connectivity index (χ4n) is 3.04. The third-order valence-corrected chi connectivity index (χ3v) is 5.23. The van der Waals surface area contributed by atoms with Gasteiger partial charge in [-0.3, -0.25) is 4.79 Å². The molecule has 0 saturated heterocycles. The first-order valence-corrected chi connectivity index (χ1v) is 9.69. The Morgan fingerprint density at radius 3 is 2.75 bits per heavy atom. The molecule has 0 aliphatic carbocycles. The van der Waals surface area contributed by atoms with Crippen LogP contribution in [0.25, 0.3) is 21.9 Å². The molecule has 4 aromatic rings. The Balaban J connectivity index is 1.71. The van der Waals surface area contributed by atoms with E-state index < -0.39 is 5.63 Å². The number of carbonyl (C=O) groups is 1. The first-order chi connectivity index (χ1) is 13.5. The Morgan fingerprint density at radius 2 is 1.93 bits per heavy atom. The molecule has 140 valence electrons. The van der Waals surface area contributed by atoms with Crippen LogP contribution in [0.3, 0.4) is 0 Å². The van der Waals surface area contributed by atoms with Crippen LogP contribution in [0.5, 0.6) is 0 Å². The van der Waals surface area contributed by atoms with E-state index in [2.05, 4.69) is 15.3 Å². The van der Waals surface area contributed by atoms with Gasteiger partial charge in [-0.2, -0.15) is 0 Å². The average Bonchev–Trinajstić information content (AvgIpc) is 2.64. The summed E-state index contributed by atoms with van der Waals surface area (Å²) in [5.74, 6) is 1.08. The summed E-state index contributed by atoms with van der Waals surface area (Å²) in [5, 5.41) is 5.39. The number of hydrogen-bond acceptors (Lipinski definition) is 6.